The highest BCUT2D eigenvalue weighted by molar-refractivity contribution is 5.95. The van der Waals surface area contributed by atoms with Crippen molar-refractivity contribution in [1.82, 2.24) is 4.90 Å². The summed E-state index contributed by atoms with van der Waals surface area (Å²) < 4.78 is 0. The van der Waals surface area contributed by atoms with Crippen molar-refractivity contribution >= 4 is 17.5 Å². The van der Waals surface area contributed by atoms with Crippen LogP contribution in [0.2, 0.25) is 0 Å². The Kier molecular flexibility index (Phi) is 4.23. The first kappa shape index (κ1) is 14.1. The van der Waals surface area contributed by atoms with Gasteiger partial charge in [0.2, 0.25) is 11.8 Å². The van der Waals surface area contributed by atoms with Crippen LogP contribution in [-0.4, -0.2) is 36.3 Å². The zero-order valence-electron chi connectivity index (χ0n) is 12.4. The van der Waals surface area contributed by atoms with Gasteiger partial charge >= 0.3 is 0 Å². The number of hydrogen-bond acceptors (Lipinski definition) is 2. The van der Waals surface area contributed by atoms with Crippen molar-refractivity contribution in [3.8, 4) is 0 Å². The van der Waals surface area contributed by atoms with Crippen LogP contribution in [0, 0.1) is 0 Å². The zero-order chi connectivity index (χ0) is 14.7. The lowest BCUT2D eigenvalue weighted by Gasteiger charge is -2.26. The summed E-state index contributed by atoms with van der Waals surface area (Å²) in [6, 6.07) is 7.87. The second-order valence-electron chi connectivity index (χ2n) is 5.93. The monoisotopic (exact) mass is 286 g/mol. The van der Waals surface area contributed by atoms with Crippen molar-refractivity contribution in [1.29, 1.82) is 0 Å². The molecule has 2 heterocycles. The van der Waals surface area contributed by atoms with Crippen LogP contribution in [0.1, 0.15) is 37.7 Å². The molecule has 2 aliphatic rings. The van der Waals surface area contributed by atoms with E-state index >= 15 is 0 Å². The molecular weight excluding hydrogens is 264 g/mol. The highest BCUT2D eigenvalue weighted by atomic mass is 16.2. The number of rotatable bonds is 3. The molecule has 4 nitrogen and oxygen atoms in total. The summed E-state index contributed by atoms with van der Waals surface area (Å²) in [6.07, 6.45) is 5.54. The van der Waals surface area contributed by atoms with Gasteiger partial charge in [-0.1, -0.05) is 12.1 Å². The van der Waals surface area contributed by atoms with Gasteiger partial charge < -0.3 is 9.80 Å². The van der Waals surface area contributed by atoms with E-state index < -0.39 is 0 Å². The van der Waals surface area contributed by atoms with Crippen LogP contribution in [-0.2, 0) is 16.0 Å². The van der Waals surface area contributed by atoms with Crippen molar-refractivity contribution in [2.24, 2.45) is 0 Å². The largest absolute Gasteiger partial charge is 0.342 e. The lowest BCUT2D eigenvalue weighted by atomic mass is 10.1. The Morgan fingerprint density at radius 2 is 1.67 bits per heavy atom. The van der Waals surface area contributed by atoms with E-state index in [1.54, 1.807) is 0 Å². The third-order valence-corrected chi connectivity index (χ3v) is 4.39. The standard InChI is InChI=1S/C17H22N2O2/c20-16-5-4-12-19(16)15-8-6-14(7-9-15)13-17(21)18-10-2-1-3-11-18/h6-9H,1-5,10-13H2. The van der Waals surface area contributed by atoms with E-state index in [0.717, 1.165) is 50.1 Å². The first-order chi connectivity index (χ1) is 10.2. The van der Waals surface area contributed by atoms with Crippen molar-refractivity contribution in [2.75, 3.05) is 24.5 Å². The molecular formula is C17H22N2O2. The smallest absolute Gasteiger partial charge is 0.227 e. The molecule has 0 aliphatic carbocycles. The van der Waals surface area contributed by atoms with Gasteiger partial charge in [0.25, 0.3) is 0 Å². The SMILES string of the molecule is O=C(Cc1ccc(N2CCCC2=O)cc1)N1CCCCC1. The summed E-state index contributed by atoms with van der Waals surface area (Å²) in [5.41, 5.74) is 1.98. The van der Waals surface area contributed by atoms with E-state index in [-0.39, 0.29) is 11.8 Å². The molecule has 0 spiro atoms. The van der Waals surface area contributed by atoms with Crippen LogP contribution in [0.5, 0.6) is 0 Å². The fraction of sp³-hybridized carbons (Fsp3) is 0.529. The Hall–Kier alpha value is -1.84. The molecule has 112 valence electrons. The third-order valence-electron chi connectivity index (χ3n) is 4.39. The van der Waals surface area contributed by atoms with Gasteiger partial charge in [-0.2, -0.15) is 0 Å². The quantitative estimate of drug-likeness (QED) is 0.856. The molecule has 0 atom stereocenters. The van der Waals surface area contributed by atoms with Gasteiger partial charge in [0.05, 0.1) is 6.42 Å². The van der Waals surface area contributed by atoms with Crippen molar-refractivity contribution in [3.63, 3.8) is 0 Å². The van der Waals surface area contributed by atoms with E-state index in [1.165, 1.54) is 6.42 Å². The predicted molar refractivity (Wildman–Crippen MR) is 82.2 cm³/mol. The summed E-state index contributed by atoms with van der Waals surface area (Å²) in [6.45, 7) is 2.61. The summed E-state index contributed by atoms with van der Waals surface area (Å²) in [5, 5.41) is 0. The molecule has 0 bridgehead atoms. The Balaban J connectivity index is 1.61. The van der Waals surface area contributed by atoms with Crippen LogP contribution in [0.4, 0.5) is 5.69 Å². The number of amides is 2. The van der Waals surface area contributed by atoms with E-state index in [4.69, 9.17) is 0 Å². The van der Waals surface area contributed by atoms with Gasteiger partial charge in [0.1, 0.15) is 0 Å². The Bertz CT molecular complexity index is 518. The summed E-state index contributed by atoms with van der Waals surface area (Å²) in [5.74, 6) is 0.423. The predicted octanol–water partition coefficient (Wildman–Crippen LogP) is 2.37. The van der Waals surface area contributed by atoms with Gasteiger partial charge in [0, 0.05) is 31.7 Å². The van der Waals surface area contributed by atoms with Crippen molar-refractivity contribution < 1.29 is 9.59 Å². The number of carbonyl (C=O) groups excluding carboxylic acids is 2. The normalized spacial score (nSPS) is 19.1. The Morgan fingerprint density at radius 1 is 0.952 bits per heavy atom. The molecule has 21 heavy (non-hydrogen) atoms. The molecule has 2 aliphatic heterocycles. The minimum atomic E-state index is 0.201. The average Bonchev–Trinajstić information content (AvgIpc) is 2.95. The zero-order valence-corrected chi connectivity index (χ0v) is 12.4. The number of anilines is 1. The van der Waals surface area contributed by atoms with Crippen molar-refractivity contribution in [3.05, 3.63) is 29.8 Å². The van der Waals surface area contributed by atoms with Crippen LogP contribution < -0.4 is 4.90 Å². The number of carbonyl (C=O) groups is 2. The highest BCUT2D eigenvalue weighted by Crippen LogP contribution is 2.22. The van der Waals surface area contributed by atoms with E-state index in [9.17, 15) is 9.59 Å². The molecule has 2 saturated heterocycles. The molecule has 0 saturated carbocycles. The van der Waals surface area contributed by atoms with Crippen LogP contribution in [0.15, 0.2) is 24.3 Å². The highest BCUT2D eigenvalue weighted by Gasteiger charge is 2.21. The first-order valence-electron chi connectivity index (χ1n) is 7.91. The lowest BCUT2D eigenvalue weighted by Crippen LogP contribution is -2.36. The summed E-state index contributed by atoms with van der Waals surface area (Å²) in [4.78, 5) is 27.7. The van der Waals surface area contributed by atoms with Gasteiger partial charge in [-0.3, -0.25) is 9.59 Å². The molecule has 4 heteroatoms. The molecule has 2 amide bonds. The lowest BCUT2D eigenvalue weighted by molar-refractivity contribution is -0.131. The molecule has 0 unspecified atom stereocenters. The first-order valence-corrected chi connectivity index (χ1v) is 7.91. The van der Waals surface area contributed by atoms with E-state index in [0.29, 0.717) is 12.8 Å². The van der Waals surface area contributed by atoms with E-state index in [2.05, 4.69) is 0 Å². The van der Waals surface area contributed by atoms with E-state index in [1.807, 2.05) is 34.1 Å². The number of hydrogen-bond donors (Lipinski definition) is 0. The van der Waals surface area contributed by atoms with Gasteiger partial charge in [0.15, 0.2) is 0 Å². The fourth-order valence-corrected chi connectivity index (χ4v) is 3.14. The summed E-state index contributed by atoms with van der Waals surface area (Å²) in [7, 11) is 0. The number of piperidine rings is 1. The van der Waals surface area contributed by atoms with Crippen LogP contribution in [0.25, 0.3) is 0 Å². The van der Waals surface area contributed by atoms with Gasteiger partial charge in [-0.15, -0.1) is 0 Å². The van der Waals surface area contributed by atoms with Crippen LogP contribution >= 0.6 is 0 Å². The molecule has 1 aromatic rings. The third kappa shape index (κ3) is 3.26. The second kappa shape index (κ2) is 6.29. The maximum absolute atomic E-state index is 12.2. The van der Waals surface area contributed by atoms with Gasteiger partial charge in [-0.05, 0) is 43.4 Å². The van der Waals surface area contributed by atoms with Crippen molar-refractivity contribution in [2.45, 2.75) is 38.5 Å². The number of nitrogens with zero attached hydrogens (tertiary/aromatic N) is 2. The maximum Gasteiger partial charge on any atom is 0.227 e. The second-order valence-corrected chi connectivity index (χ2v) is 5.93. The fourth-order valence-electron chi connectivity index (χ4n) is 3.14. The minimum absolute atomic E-state index is 0.201. The topological polar surface area (TPSA) is 40.6 Å². The Labute approximate surface area is 125 Å². The molecule has 0 radical (unpaired) electrons. The van der Waals surface area contributed by atoms with Gasteiger partial charge in [-0.25, -0.2) is 0 Å². The number of benzene rings is 1. The molecule has 0 aromatic heterocycles. The molecule has 0 N–H and O–H groups in total. The summed E-state index contributed by atoms with van der Waals surface area (Å²) >= 11 is 0. The maximum atomic E-state index is 12.2. The Morgan fingerprint density at radius 3 is 2.29 bits per heavy atom. The average molecular weight is 286 g/mol. The van der Waals surface area contributed by atoms with Crippen LogP contribution in [0.3, 0.4) is 0 Å². The molecule has 2 fully saturated rings. The molecule has 3 rings (SSSR count). The number of likely N-dealkylation sites (tertiary alicyclic amines) is 1. The minimum Gasteiger partial charge on any atom is -0.342 e. The molecule has 1 aromatic carbocycles.